The van der Waals surface area contributed by atoms with E-state index < -0.39 is 6.03 Å². The molecule has 30 heavy (non-hydrogen) atoms. The summed E-state index contributed by atoms with van der Waals surface area (Å²) < 4.78 is 1.14. The smallest absolute Gasteiger partial charge is 0.340 e. The van der Waals surface area contributed by atoms with Crippen LogP contribution in [0.25, 0.3) is 10.9 Å². The first-order valence-corrected chi connectivity index (χ1v) is 10.4. The molecule has 0 atom stereocenters. The topological polar surface area (TPSA) is 129 Å². The van der Waals surface area contributed by atoms with E-state index in [0.717, 1.165) is 54.4 Å². The number of nitrogens with zero attached hydrogens (tertiary/aromatic N) is 4. The number of amides is 2. The maximum Gasteiger partial charge on any atom is 0.340 e. The van der Waals surface area contributed by atoms with Crippen molar-refractivity contribution >= 4 is 28.7 Å². The van der Waals surface area contributed by atoms with Crippen LogP contribution in [0.15, 0.2) is 18.2 Å². The molecule has 9 nitrogen and oxygen atoms in total. The second kappa shape index (κ2) is 8.32. The van der Waals surface area contributed by atoms with Gasteiger partial charge in [0.15, 0.2) is 5.82 Å². The van der Waals surface area contributed by atoms with Crippen LogP contribution in [0.4, 0.5) is 10.6 Å². The quantitative estimate of drug-likeness (QED) is 0.687. The molecular weight excluding hydrogens is 382 g/mol. The Labute approximate surface area is 175 Å². The van der Waals surface area contributed by atoms with Crippen molar-refractivity contribution in [2.75, 3.05) is 25.0 Å². The van der Waals surface area contributed by atoms with E-state index in [2.05, 4.69) is 26.7 Å². The highest BCUT2D eigenvalue weighted by Gasteiger charge is 2.35. The number of nitrogens with two attached hydrogens (primary N) is 1. The van der Waals surface area contributed by atoms with Gasteiger partial charge >= 0.3 is 6.03 Å². The number of nitrogens with one attached hydrogen (secondary N) is 2. The SMILES string of the molecule is Cc1ccc2c(c1)c(NCC(=O)NC1CN(C3CCC(C#N)CC3)C1)nn2C(N)=O. The second-order valence-corrected chi connectivity index (χ2v) is 8.33. The van der Waals surface area contributed by atoms with Gasteiger partial charge in [-0.05, 0) is 44.7 Å². The fraction of sp³-hybridized carbons (Fsp3) is 0.524. The molecule has 1 aliphatic heterocycles. The summed E-state index contributed by atoms with van der Waals surface area (Å²) in [7, 11) is 0. The molecule has 2 aromatic rings. The second-order valence-electron chi connectivity index (χ2n) is 8.33. The summed E-state index contributed by atoms with van der Waals surface area (Å²) in [5.41, 5.74) is 7.04. The van der Waals surface area contributed by atoms with Gasteiger partial charge < -0.3 is 16.4 Å². The van der Waals surface area contributed by atoms with Crippen molar-refractivity contribution in [1.29, 1.82) is 5.26 Å². The Balaban J connectivity index is 1.28. The van der Waals surface area contributed by atoms with Gasteiger partial charge in [-0.25, -0.2) is 4.79 Å². The number of aromatic nitrogens is 2. The zero-order valence-electron chi connectivity index (χ0n) is 17.1. The average molecular weight is 409 g/mol. The molecular formula is C21H27N7O2. The molecule has 0 bridgehead atoms. The average Bonchev–Trinajstić information content (AvgIpc) is 3.07. The maximum atomic E-state index is 12.4. The lowest BCUT2D eigenvalue weighted by atomic mass is 9.85. The van der Waals surface area contributed by atoms with E-state index in [0.29, 0.717) is 17.4 Å². The zero-order valence-corrected chi connectivity index (χ0v) is 17.1. The number of hydrogen-bond acceptors (Lipinski definition) is 6. The molecule has 0 radical (unpaired) electrons. The molecule has 1 saturated heterocycles. The van der Waals surface area contributed by atoms with Gasteiger partial charge in [-0.1, -0.05) is 11.6 Å². The lowest BCUT2D eigenvalue weighted by molar-refractivity contribution is -0.121. The van der Waals surface area contributed by atoms with Crippen LogP contribution in [0, 0.1) is 24.2 Å². The molecule has 0 spiro atoms. The van der Waals surface area contributed by atoms with Gasteiger partial charge in [0, 0.05) is 30.4 Å². The summed E-state index contributed by atoms with van der Waals surface area (Å²) in [6.07, 6.45) is 4.08. The highest BCUT2D eigenvalue weighted by Crippen LogP contribution is 2.29. The van der Waals surface area contributed by atoms with Crippen molar-refractivity contribution in [2.24, 2.45) is 11.7 Å². The third kappa shape index (κ3) is 4.09. The number of anilines is 1. The molecule has 4 rings (SSSR count). The van der Waals surface area contributed by atoms with Gasteiger partial charge in [-0.3, -0.25) is 9.69 Å². The Kier molecular flexibility index (Phi) is 5.59. The lowest BCUT2D eigenvalue weighted by Gasteiger charge is -2.46. The molecule has 2 amide bonds. The van der Waals surface area contributed by atoms with E-state index in [1.807, 2.05) is 19.1 Å². The van der Waals surface area contributed by atoms with Crippen molar-refractivity contribution in [3.05, 3.63) is 23.8 Å². The van der Waals surface area contributed by atoms with Gasteiger partial charge in [-0.15, -0.1) is 5.10 Å². The van der Waals surface area contributed by atoms with Crippen molar-refractivity contribution in [3.8, 4) is 6.07 Å². The molecule has 2 heterocycles. The van der Waals surface area contributed by atoms with Gasteiger partial charge in [0.25, 0.3) is 0 Å². The Morgan fingerprint density at radius 1 is 1.27 bits per heavy atom. The minimum atomic E-state index is -0.667. The summed E-state index contributed by atoms with van der Waals surface area (Å²) >= 11 is 0. The van der Waals surface area contributed by atoms with Crippen LogP contribution in [0.2, 0.25) is 0 Å². The van der Waals surface area contributed by atoms with E-state index in [4.69, 9.17) is 11.0 Å². The maximum absolute atomic E-state index is 12.4. The van der Waals surface area contributed by atoms with Crippen LogP contribution in [-0.2, 0) is 4.79 Å². The number of primary amides is 1. The standard InChI is InChI=1S/C21H27N7O2/c1-13-2-7-18-17(8-13)20(26-28(18)21(23)30)24-10-19(29)25-15-11-27(12-15)16-5-3-14(9-22)4-6-16/h2,7-8,14-16H,3-6,10-12H2,1H3,(H2,23,30)(H,24,26)(H,25,29). The molecule has 1 aliphatic carbocycles. The molecule has 4 N–H and O–H groups in total. The Morgan fingerprint density at radius 2 is 2.00 bits per heavy atom. The number of carbonyl (C=O) groups excluding carboxylic acids is 2. The first-order chi connectivity index (χ1) is 14.4. The van der Waals surface area contributed by atoms with E-state index in [-0.39, 0.29) is 24.4 Å². The van der Waals surface area contributed by atoms with Crippen LogP contribution in [-0.4, -0.2) is 58.3 Å². The third-order valence-electron chi connectivity index (χ3n) is 6.13. The molecule has 2 fully saturated rings. The van der Waals surface area contributed by atoms with E-state index in [9.17, 15) is 9.59 Å². The Morgan fingerprint density at radius 3 is 2.67 bits per heavy atom. The first kappa shape index (κ1) is 20.2. The number of carbonyl (C=O) groups is 2. The monoisotopic (exact) mass is 409 g/mol. The molecule has 9 heteroatoms. The largest absolute Gasteiger partial charge is 0.359 e. The molecule has 0 unspecified atom stereocenters. The number of hydrogen-bond donors (Lipinski definition) is 3. The number of nitriles is 1. The van der Waals surface area contributed by atoms with Crippen LogP contribution in [0.1, 0.15) is 31.2 Å². The predicted molar refractivity (Wildman–Crippen MR) is 113 cm³/mol. The molecule has 2 aliphatic rings. The summed E-state index contributed by atoms with van der Waals surface area (Å²) in [6, 6.07) is 7.97. The van der Waals surface area contributed by atoms with Crippen LogP contribution >= 0.6 is 0 Å². The van der Waals surface area contributed by atoms with Gasteiger partial charge in [0.2, 0.25) is 5.91 Å². The lowest BCUT2D eigenvalue weighted by Crippen LogP contribution is -2.63. The number of aryl methyl sites for hydroxylation is 1. The van der Waals surface area contributed by atoms with Crippen molar-refractivity contribution in [1.82, 2.24) is 20.0 Å². The number of fused-ring (bicyclic) bond motifs is 1. The fourth-order valence-corrected chi connectivity index (χ4v) is 4.45. The van der Waals surface area contributed by atoms with Gasteiger partial charge in [-0.2, -0.15) is 9.94 Å². The normalized spacial score (nSPS) is 22.3. The molecule has 1 saturated carbocycles. The zero-order chi connectivity index (χ0) is 21.3. The van der Waals surface area contributed by atoms with Gasteiger partial charge in [0.05, 0.1) is 24.2 Å². The third-order valence-corrected chi connectivity index (χ3v) is 6.13. The summed E-state index contributed by atoms with van der Waals surface area (Å²) in [5, 5.41) is 20.1. The minimum absolute atomic E-state index is 0.0720. The highest BCUT2D eigenvalue weighted by atomic mass is 16.2. The first-order valence-electron chi connectivity index (χ1n) is 10.4. The summed E-state index contributed by atoms with van der Waals surface area (Å²) in [6.45, 7) is 3.73. The summed E-state index contributed by atoms with van der Waals surface area (Å²) in [5.74, 6) is 0.566. The van der Waals surface area contributed by atoms with E-state index in [1.165, 1.54) is 0 Å². The van der Waals surface area contributed by atoms with E-state index >= 15 is 0 Å². The minimum Gasteiger partial charge on any atom is -0.359 e. The molecule has 1 aromatic carbocycles. The number of likely N-dealkylation sites (tertiary alicyclic amines) is 1. The number of rotatable bonds is 5. The van der Waals surface area contributed by atoms with Crippen LogP contribution in [0.3, 0.4) is 0 Å². The van der Waals surface area contributed by atoms with Crippen molar-refractivity contribution in [3.63, 3.8) is 0 Å². The Hall–Kier alpha value is -3.12. The van der Waals surface area contributed by atoms with Crippen LogP contribution < -0.4 is 16.4 Å². The highest BCUT2D eigenvalue weighted by molar-refractivity contribution is 5.97. The Bertz CT molecular complexity index is 995. The van der Waals surface area contributed by atoms with Crippen molar-refractivity contribution in [2.45, 2.75) is 44.7 Å². The molecule has 158 valence electrons. The van der Waals surface area contributed by atoms with Gasteiger partial charge in [0.1, 0.15) is 0 Å². The van der Waals surface area contributed by atoms with Crippen LogP contribution in [0.5, 0.6) is 0 Å². The van der Waals surface area contributed by atoms with E-state index in [1.54, 1.807) is 6.07 Å². The van der Waals surface area contributed by atoms with Crippen molar-refractivity contribution < 1.29 is 9.59 Å². The number of benzene rings is 1. The fourth-order valence-electron chi connectivity index (χ4n) is 4.45. The predicted octanol–water partition coefficient (Wildman–Crippen LogP) is 1.57. The molecule has 1 aromatic heterocycles. The summed E-state index contributed by atoms with van der Waals surface area (Å²) in [4.78, 5) is 26.4.